The molecule has 2 unspecified atom stereocenters. The summed E-state index contributed by atoms with van der Waals surface area (Å²) >= 11 is 0. The van der Waals surface area contributed by atoms with Crippen LogP contribution in [0.15, 0.2) is 30.3 Å². The summed E-state index contributed by atoms with van der Waals surface area (Å²) in [5.74, 6) is 0.323. The number of hydrogen-bond donors (Lipinski definition) is 1. The van der Waals surface area contributed by atoms with Gasteiger partial charge in [0.05, 0.1) is 12.7 Å². The van der Waals surface area contributed by atoms with Crippen molar-refractivity contribution in [2.45, 2.75) is 43.6 Å². The first-order valence-corrected chi connectivity index (χ1v) is 7.14. The van der Waals surface area contributed by atoms with Crippen LogP contribution in [0.25, 0.3) is 0 Å². The van der Waals surface area contributed by atoms with Gasteiger partial charge < -0.3 is 9.84 Å². The summed E-state index contributed by atoms with van der Waals surface area (Å²) in [5, 5.41) is 10.9. The van der Waals surface area contributed by atoms with E-state index in [-0.39, 0.29) is 11.5 Å². The van der Waals surface area contributed by atoms with Gasteiger partial charge in [-0.3, -0.25) is 0 Å². The number of benzene rings is 1. The second-order valence-electron chi connectivity index (χ2n) is 5.80. The Morgan fingerprint density at radius 2 is 1.89 bits per heavy atom. The second-order valence-corrected chi connectivity index (χ2v) is 5.80. The van der Waals surface area contributed by atoms with E-state index in [0.717, 1.165) is 32.5 Å². The predicted molar refractivity (Wildman–Crippen MR) is 71.5 cm³/mol. The molecule has 2 aliphatic rings. The fourth-order valence-corrected chi connectivity index (χ4v) is 3.78. The van der Waals surface area contributed by atoms with Gasteiger partial charge in [0, 0.05) is 17.9 Å². The monoisotopic (exact) mass is 246 g/mol. The summed E-state index contributed by atoms with van der Waals surface area (Å²) in [5.41, 5.74) is 1.31. The molecule has 1 aliphatic carbocycles. The van der Waals surface area contributed by atoms with Gasteiger partial charge in [0.25, 0.3) is 0 Å². The zero-order valence-electron chi connectivity index (χ0n) is 10.8. The summed E-state index contributed by atoms with van der Waals surface area (Å²) in [6.45, 7) is 1.54. The Kier molecular flexibility index (Phi) is 3.40. The molecule has 2 heteroatoms. The summed E-state index contributed by atoms with van der Waals surface area (Å²) in [7, 11) is 0. The van der Waals surface area contributed by atoms with Crippen LogP contribution < -0.4 is 0 Å². The highest BCUT2D eigenvalue weighted by Crippen LogP contribution is 2.46. The Morgan fingerprint density at radius 1 is 1.17 bits per heavy atom. The molecule has 1 heterocycles. The minimum absolute atomic E-state index is 0.0143. The standard InChI is InChI=1S/C16H22O2/c17-15(13-8-11-18-12-13)16(9-4-5-10-16)14-6-2-1-3-7-14/h1-3,6-7,13,15,17H,4-5,8-12H2. The highest BCUT2D eigenvalue weighted by Gasteiger charge is 2.45. The van der Waals surface area contributed by atoms with Gasteiger partial charge in [0.15, 0.2) is 0 Å². The van der Waals surface area contributed by atoms with Crippen molar-refractivity contribution < 1.29 is 9.84 Å². The van der Waals surface area contributed by atoms with Crippen molar-refractivity contribution in [3.8, 4) is 0 Å². The molecule has 1 aromatic rings. The van der Waals surface area contributed by atoms with Crippen molar-refractivity contribution in [2.24, 2.45) is 5.92 Å². The molecule has 1 saturated heterocycles. The molecular formula is C16H22O2. The van der Waals surface area contributed by atoms with Crippen molar-refractivity contribution in [2.75, 3.05) is 13.2 Å². The smallest absolute Gasteiger partial charge is 0.0687 e. The van der Waals surface area contributed by atoms with Gasteiger partial charge in [0.1, 0.15) is 0 Å². The molecule has 0 aromatic heterocycles. The number of aliphatic hydroxyl groups is 1. The van der Waals surface area contributed by atoms with Crippen LogP contribution in [0.2, 0.25) is 0 Å². The topological polar surface area (TPSA) is 29.5 Å². The average molecular weight is 246 g/mol. The zero-order valence-corrected chi connectivity index (χ0v) is 10.8. The van der Waals surface area contributed by atoms with E-state index in [0.29, 0.717) is 5.92 Å². The Balaban J connectivity index is 1.91. The van der Waals surface area contributed by atoms with Crippen LogP contribution in [0.3, 0.4) is 0 Å². The van der Waals surface area contributed by atoms with Crippen LogP contribution in [-0.2, 0) is 10.2 Å². The van der Waals surface area contributed by atoms with Crippen molar-refractivity contribution in [3.63, 3.8) is 0 Å². The number of rotatable bonds is 3. The SMILES string of the molecule is OC(C1CCOC1)C1(c2ccccc2)CCCC1. The molecule has 1 aromatic carbocycles. The fourth-order valence-electron chi connectivity index (χ4n) is 3.78. The quantitative estimate of drug-likeness (QED) is 0.888. The molecular weight excluding hydrogens is 224 g/mol. The van der Waals surface area contributed by atoms with E-state index in [2.05, 4.69) is 30.3 Å². The predicted octanol–water partition coefficient (Wildman–Crippen LogP) is 2.90. The maximum atomic E-state index is 10.9. The highest BCUT2D eigenvalue weighted by molar-refractivity contribution is 5.28. The maximum Gasteiger partial charge on any atom is 0.0687 e. The van der Waals surface area contributed by atoms with Crippen molar-refractivity contribution in [1.82, 2.24) is 0 Å². The van der Waals surface area contributed by atoms with Crippen LogP contribution >= 0.6 is 0 Å². The molecule has 1 N–H and O–H groups in total. The first-order chi connectivity index (χ1) is 8.83. The zero-order chi connectivity index (χ0) is 12.4. The van der Waals surface area contributed by atoms with Gasteiger partial charge in [-0.1, -0.05) is 43.2 Å². The fraction of sp³-hybridized carbons (Fsp3) is 0.625. The number of ether oxygens (including phenoxy) is 1. The number of aliphatic hydroxyl groups excluding tert-OH is 1. The Labute approximate surface area is 109 Å². The largest absolute Gasteiger partial charge is 0.392 e. The van der Waals surface area contributed by atoms with E-state index >= 15 is 0 Å². The van der Waals surface area contributed by atoms with Crippen molar-refractivity contribution in [3.05, 3.63) is 35.9 Å². The van der Waals surface area contributed by atoms with Crippen molar-refractivity contribution >= 4 is 0 Å². The molecule has 2 nitrogen and oxygen atoms in total. The van der Waals surface area contributed by atoms with Crippen LogP contribution in [0.5, 0.6) is 0 Å². The first kappa shape index (κ1) is 12.2. The molecule has 0 radical (unpaired) electrons. The van der Waals surface area contributed by atoms with E-state index in [1.807, 2.05) is 0 Å². The lowest BCUT2D eigenvalue weighted by atomic mass is 9.70. The Bertz CT molecular complexity index is 375. The van der Waals surface area contributed by atoms with Crippen LogP contribution in [0, 0.1) is 5.92 Å². The first-order valence-electron chi connectivity index (χ1n) is 7.14. The van der Waals surface area contributed by atoms with E-state index < -0.39 is 0 Å². The Morgan fingerprint density at radius 3 is 2.50 bits per heavy atom. The minimum Gasteiger partial charge on any atom is -0.392 e. The normalized spacial score (nSPS) is 28.4. The van der Waals surface area contributed by atoms with Gasteiger partial charge in [-0.25, -0.2) is 0 Å². The summed E-state index contributed by atoms with van der Waals surface area (Å²) in [4.78, 5) is 0. The summed E-state index contributed by atoms with van der Waals surface area (Å²) in [6.07, 6.45) is 5.47. The molecule has 0 spiro atoms. The molecule has 18 heavy (non-hydrogen) atoms. The molecule has 2 fully saturated rings. The molecule has 0 amide bonds. The third-order valence-electron chi connectivity index (χ3n) is 4.82. The molecule has 98 valence electrons. The van der Waals surface area contributed by atoms with E-state index in [9.17, 15) is 5.11 Å². The lowest BCUT2D eigenvalue weighted by Gasteiger charge is -2.37. The minimum atomic E-state index is -0.245. The Hall–Kier alpha value is -0.860. The number of hydrogen-bond acceptors (Lipinski definition) is 2. The molecule has 2 atom stereocenters. The lowest BCUT2D eigenvalue weighted by molar-refractivity contribution is 0.0238. The lowest BCUT2D eigenvalue weighted by Crippen LogP contribution is -2.42. The third kappa shape index (κ3) is 1.98. The molecule has 1 aliphatic heterocycles. The van der Waals surface area contributed by atoms with E-state index in [4.69, 9.17) is 4.74 Å². The second kappa shape index (κ2) is 5.02. The molecule has 3 rings (SSSR count). The van der Waals surface area contributed by atoms with Gasteiger partial charge in [0.2, 0.25) is 0 Å². The summed E-state index contributed by atoms with van der Waals surface area (Å²) in [6, 6.07) is 10.6. The van der Waals surface area contributed by atoms with E-state index in [1.54, 1.807) is 0 Å². The van der Waals surface area contributed by atoms with Crippen LogP contribution in [-0.4, -0.2) is 24.4 Å². The summed E-state index contributed by atoms with van der Waals surface area (Å²) < 4.78 is 5.46. The maximum absolute atomic E-state index is 10.9. The van der Waals surface area contributed by atoms with Gasteiger partial charge >= 0.3 is 0 Å². The van der Waals surface area contributed by atoms with Gasteiger partial charge in [-0.15, -0.1) is 0 Å². The molecule has 0 bridgehead atoms. The van der Waals surface area contributed by atoms with Gasteiger partial charge in [-0.2, -0.15) is 0 Å². The third-order valence-corrected chi connectivity index (χ3v) is 4.82. The molecule has 1 saturated carbocycles. The van der Waals surface area contributed by atoms with Crippen molar-refractivity contribution in [1.29, 1.82) is 0 Å². The highest BCUT2D eigenvalue weighted by atomic mass is 16.5. The van der Waals surface area contributed by atoms with E-state index in [1.165, 1.54) is 18.4 Å². The van der Waals surface area contributed by atoms with Crippen LogP contribution in [0.1, 0.15) is 37.7 Å². The van der Waals surface area contributed by atoms with Gasteiger partial charge in [-0.05, 0) is 24.8 Å². The van der Waals surface area contributed by atoms with Crippen LogP contribution in [0.4, 0.5) is 0 Å². The average Bonchev–Trinajstić information content (AvgIpc) is 3.11.